The van der Waals surface area contributed by atoms with Crippen molar-refractivity contribution >= 4 is 44.3 Å². The van der Waals surface area contributed by atoms with Crippen LogP contribution in [0.4, 0.5) is 11.4 Å². The highest BCUT2D eigenvalue weighted by Gasteiger charge is 2.19. The van der Waals surface area contributed by atoms with Crippen LogP contribution in [0.2, 0.25) is 0 Å². The summed E-state index contributed by atoms with van der Waals surface area (Å²) in [7, 11) is 0. The molecule has 0 atom stereocenters. The molecule has 0 saturated heterocycles. The van der Waals surface area contributed by atoms with Crippen molar-refractivity contribution in [1.82, 2.24) is 0 Å². The average Bonchev–Trinajstić information content (AvgIpc) is 2.69. The van der Waals surface area contributed by atoms with E-state index in [9.17, 15) is 0 Å². The Balaban J connectivity index is 1.41. The quantitative estimate of drug-likeness (QED) is 0.404. The first-order valence-corrected chi connectivity index (χ1v) is 9.49. The molecular formula is C25H18N2. The molecule has 2 heterocycles. The van der Waals surface area contributed by atoms with Gasteiger partial charge in [0.15, 0.2) is 0 Å². The first kappa shape index (κ1) is 14.9. The molecule has 4 aromatic carbocycles. The van der Waals surface area contributed by atoms with Gasteiger partial charge < -0.3 is 0 Å². The second-order valence-electron chi connectivity index (χ2n) is 7.47. The van der Waals surface area contributed by atoms with E-state index in [4.69, 9.17) is 9.98 Å². The predicted octanol–water partition coefficient (Wildman–Crippen LogP) is 6.34. The molecule has 0 N–H and O–H groups in total. The maximum absolute atomic E-state index is 5.00. The van der Waals surface area contributed by atoms with E-state index in [-0.39, 0.29) is 0 Å². The minimum atomic E-state index is 0.843. The lowest BCUT2D eigenvalue weighted by Gasteiger charge is -2.20. The number of nitrogens with zero attached hydrogens (tertiary/aromatic N) is 2. The van der Waals surface area contributed by atoms with Gasteiger partial charge in [0.25, 0.3) is 0 Å². The van der Waals surface area contributed by atoms with Crippen molar-refractivity contribution in [1.29, 1.82) is 0 Å². The molecule has 2 heteroatoms. The number of hydrogen-bond donors (Lipinski definition) is 0. The molecule has 2 nitrogen and oxygen atoms in total. The van der Waals surface area contributed by atoms with E-state index in [2.05, 4.69) is 72.8 Å². The van der Waals surface area contributed by atoms with Crippen molar-refractivity contribution in [2.75, 3.05) is 0 Å². The van der Waals surface area contributed by atoms with E-state index >= 15 is 0 Å². The largest absolute Gasteiger partial charge is 0.256 e. The van der Waals surface area contributed by atoms with Crippen LogP contribution in [0.25, 0.3) is 21.5 Å². The Morgan fingerprint density at radius 2 is 1.00 bits per heavy atom. The number of benzene rings is 4. The Morgan fingerprint density at radius 1 is 0.556 bits per heavy atom. The van der Waals surface area contributed by atoms with Gasteiger partial charge in [0.05, 0.1) is 11.4 Å². The molecule has 27 heavy (non-hydrogen) atoms. The van der Waals surface area contributed by atoms with Crippen molar-refractivity contribution in [2.24, 2.45) is 9.98 Å². The Kier molecular flexibility index (Phi) is 3.09. The Morgan fingerprint density at radius 3 is 1.48 bits per heavy atom. The zero-order chi connectivity index (χ0) is 17.8. The molecular weight excluding hydrogens is 328 g/mol. The van der Waals surface area contributed by atoms with E-state index in [1.54, 1.807) is 0 Å². The molecule has 0 saturated carbocycles. The zero-order valence-electron chi connectivity index (χ0n) is 14.9. The van der Waals surface area contributed by atoms with E-state index in [0.717, 1.165) is 30.6 Å². The normalized spacial score (nSPS) is 15.0. The molecule has 0 radical (unpaired) electrons. The molecule has 0 amide bonds. The second kappa shape index (κ2) is 5.62. The third-order valence-corrected chi connectivity index (χ3v) is 5.69. The monoisotopic (exact) mass is 346 g/mol. The highest BCUT2D eigenvalue weighted by Crippen LogP contribution is 2.36. The van der Waals surface area contributed by atoms with Gasteiger partial charge in [-0.15, -0.1) is 0 Å². The number of rotatable bonds is 2. The second-order valence-corrected chi connectivity index (χ2v) is 7.47. The Bertz CT molecular complexity index is 1180. The van der Waals surface area contributed by atoms with Gasteiger partial charge in [-0.2, -0.15) is 0 Å². The third-order valence-electron chi connectivity index (χ3n) is 5.69. The standard InChI is InChI=1S/C25H18N2/c1-5-16-7-3-11-22-24(16)18(9-1)13-20(26-22)15-21-14-19-10-2-6-17-8-4-12-23(27-21)25(17)19/h1-12H,13-15H2. The van der Waals surface area contributed by atoms with E-state index in [1.165, 1.54) is 44.1 Å². The van der Waals surface area contributed by atoms with Crippen LogP contribution in [0.15, 0.2) is 82.8 Å². The molecule has 2 aliphatic heterocycles. The molecule has 0 aliphatic carbocycles. The highest BCUT2D eigenvalue weighted by molar-refractivity contribution is 6.14. The minimum Gasteiger partial charge on any atom is -0.256 e. The lowest BCUT2D eigenvalue weighted by molar-refractivity contribution is 1.20. The van der Waals surface area contributed by atoms with Crippen molar-refractivity contribution in [3.8, 4) is 0 Å². The smallest absolute Gasteiger partial charge is 0.0710 e. The summed E-state index contributed by atoms with van der Waals surface area (Å²) in [6.07, 6.45) is 2.67. The summed E-state index contributed by atoms with van der Waals surface area (Å²) in [6, 6.07) is 25.9. The van der Waals surface area contributed by atoms with Crippen LogP contribution in [0.1, 0.15) is 17.5 Å². The van der Waals surface area contributed by atoms with Gasteiger partial charge in [0.1, 0.15) is 0 Å². The van der Waals surface area contributed by atoms with Crippen LogP contribution < -0.4 is 0 Å². The van der Waals surface area contributed by atoms with Crippen LogP contribution >= 0.6 is 0 Å². The van der Waals surface area contributed by atoms with Crippen LogP contribution in [-0.4, -0.2) is 11.4 Å². The summed E-state index contributed by atoms with van der Waals surface area (Å²) in [5.41, 5.74) is 7.39. The predicted molar refractivity (Wildman–Crippen MR) is 114 cm³/mol. The third kappa shape index (κ3) is 2.33. The fourth-order valence-electron chi connectivity index (χ4n) is 4.58. The van der Waals surface area contributed by atoms with Crippen molar-refractivity contribution in [3.63, 3.8) is 0 Å². The van der Waals surface area contributed by atoms with Gasteiger partial charge in [-0.1, -0.05) is 60.7 Å². The topological polar surface area (TPSA) is 24.7 Å². The Labute approximate surface area is 157 Å². The first-order chi connectivity index (χ1) is 13.3. The van der Waals surface area contributed by atoms with Gasteiger partial charge in [-0.05, 0) is 34.0 Å². The molecule has 0 spiro atoms. The lowest BCUT2D eigenvalue weighted by Crippen LogP contribution is -2.16. The van der Waals surface area contributed by atoms with E-state index in [1.807, 2.05) is 0 Å². The van der Waals surface area contributed by atoms with Crippen LogP contribution in [0, 0.1) is 0 Å². The summed E-state index contributed by atoms with van der Waals surface area (Å²) in [5.74, 6) is 0. The number of aliphatic imine (C=N–C) groups is 2. The molecule has 4 aromatic rings. The lowest BCUT2D eigenvalue weighted by atomic mass is 9.91. The summed E-state index contributed by atoms with van der Waals surface area (Å²) in [6.45, 7) is 0. The molecule has 0 bridgehead atoms. The van der Waals surface area contributed by atoms with E-state index < -0.39 is 0 Å². The van der Waals surface area contributed by atoms with Gasteiger partial charge in [0.2, 0.25) is 0 Å². The molecule has 0 unspecified atom stereocenters. The zero-order valence-corrected chi connectivity index (χ0v) is 14.9. The fourth-order valence-corrected chi connectivity index (χ4v) is 4.58. The van der Waals surface area contributed by atoms with Gasteiger partial charge >= 0.3 is 0 Å². The summed E-state index contributed by atoms with van der Waals surface area (Å²) >= 11 is 0. The van der Waals surface area contributed by atoms with Crippen molar-refractivity contribution in [3.05, 3.63) is 83.9 Å². The minimum absolute atomic E-state index is 0.843. The highest BCUT2D eigenvalue weighted by atomic mass is 14.8. The molecule has 2 aliphatic rings. The molecule has 0 fully saturated rings. The van der Waals surface area contributed by atoms with Crippen LogP contribution in [0.5, 0.6) is 0 Å². The SMILES string of the molecule is c1cc2c3c(cccc3c1)N=C(CC1=Nc3cccc4cccc(c34)C1)C2. The molecule has 0 aromatic heterocycles. The maximum atomic E-state index is 5.00. The van der Waals surface area contributed by atoms with Gasteiger partial charge in [-0.25, -0.2) is 0 Å². The van der Waals surface area contributed by atoms with Gasteiger partial charge in [0, 0.05) is 41.5 Å². The Hall–Kier alpha value is -3.26. The van der Waals surface area contributed by atoms with Crippen molar-refractivity contribution < 1.29 is 0 Å². The van der Waals surface area contributed by atoms with Crippen LogP contribution in [0.3, 0.4) is 0 Å². The summed E-state index contributed by atoms with van der Waals surface area (Å²) < 4.78 is 0. The fraction of sp³-hybridized carbons (Fsp3) is 0.120. The summed E-state index contributed by atoms with van der Waals surface area (Å²) in [4.78, 5) is 10.00. The number of hydrogen-bond acceptors (Lipinski definition) is 2. The van der Waals surface area contributed by atoms with Crippen LogP contribution in [-0.2, 0) is 12.8 Å². The van der Waals surface area contributed by atoms with Crippen molar-refractivity contribution in [2.45, 2.75) is 19.3 Å². The van der Waals surface area contributed by atoms with Gasteiger partial charge in [-0.3, -0.25) is 9.98 Å². The molecule has 6 rings (SSSR count). The summed E-state index contributed by atoms with van der Waals surface area (Å²) in [5, 5.41) is 5.18. The first-order valence-electron chi connectivity index (χ1n) is 9.49. The average molecular weight is 346 g/mol. The van der Waals surface area contributed by atoms with E-state index in [0.29, 0.717) is 0 Å². The molecule has 128 valence electrons. The maximum Gasteiger partial charge on any atom is 0.0710 e.